The van der Waals surface area contributed by atoms with Crippen LogP contribution in [-0.2, 0) is 17.4 Å². The van der Waals surface area contributed by atoms with Crippen LogP contribution in [0.1, 0.15) is 28.3 Å². The summed E-state index contributed by atoms with van der Waals surface area (Å²) in [5.41, 5.74) is 1.53. The maximum Gasteiger partial charge on any atom is 0.416 e. The topological polar surface area (TPSA) is 48.0 Å². The third-order valence-corrected chi connectivity index (χ3v) is 5.69. The number of rotatable bonds is 5. The summed E-state index contributed by atoms with van der Waals surface area (Å²) < 4.78 is 56.3. The molecule has 1 aliphatic rings. The lowest BCUT2D eigenvalue weighted by Gasteiger charge is -2.38. The zero-order chi connectivity index (χ0) is 23.8. The highest BCUT2D eigenvalue weighted by molar-refractivity contribution is 5.98. The molecule has 0 saturated carbocycles. The molecule has 1 heterocycles. The van der Waals surface area contributed by atoms with E-state index in [0.717, 1.165) is 28.8 Å². The first-order valence-electron chi connectivity index (χ1n) is 10.1. The smallest absolute Gasteiger partial charge is 0.416 e. The van der Waals surface area contributed by atoms with Gasteiger partial charge in [0.15, 0.2) is 11.5 Å². The number of ether oxygens (including phenoxy) is 3. The lowest BCUT2D eigenvalue weighted by Crippen LogP contribution is -2.41. The fourth-order valence-corrected chi connectivity index (χ4v) is 4.12. The van der Waals surface area contributed by atoms with Crippen molar-refractivity contribution in [2.75, 3.05) is 26.2 Å². The normalized spacial score (nSPS) is 15.8. The predicted molar refractivity (Wildman–Crippen MR) is 117 cm³/mol. The summed E-state index contributed by atoms with van der Waals surface area (Å²) in [6.07, 6.45) is -4.52. The molecule has 5 nitrogen and oxygen atoms in total. The number of hydrogen-bond donors (Lipinski definition) is 0. The summed E-state index contributed by atoms with van der Waals surface area (Å²) in [5, 5.41) is 0. The van der Waals surface area contributed by atoms with Gasteiger partial charge in [-0.05, 0) is 59.2 Å². The Hall–Kier alpha value is -3.68. The largest absolute Gasteiger partial charge is 0.497 e. The van der Waals surface area contributed by atoms with E-state index >= 15 is 0 Å². The number of halogens is 3. The Morgan fingerprint density at radius 2 is 1.55 bits per heavy atom. The monoisotopic (exact) mass is 457 g/mol. The van der Waals surface area contributed by atoms with Crippen molar-refractivity contribution < 1.29 is 32.2 Å². The molecule has 3 aromatic rings. The van der Waals surface area contributed by atoms with E-state index in [-0.39, 0.29) is 18.0 Å². The van der Waals surface area contributed by atoms with Gasteiger partial charge in [-0.3, -0.25) is 4.79 Å². The number of alkyl halides is 3. The van der Waals surface area contributed by atoms with Crippen LogP contribution < -0.4 is 19.1 Å². The van der Waals surface area contributed by atoms with Crippen LogP contribution in [0, 0.1) is 0 Å². The Balaban J connectivity index is 1.93. The van der Waals surface area contributed by atoms with Crippen molar-refractivity contribution in [1.82, 2.24) is 0 Å². The molecule has 0 aromatic heterocycles. The zero-order valence-corrected chi connectivity index (χ0v) is 18.3. The molecule has 0 radical (unpaired) electrons. The molecule has 1 atom stereocenters. The van der Waals surface area contributed by atoms with Crippen LogP contribution in [0.3, 0.4) is 0 Å². The van der Waals surface area contributed by atoms with Crippen molar-refractivity contribution in [3.8, 4) is 17.2 Å². The molecule has 0 N–H and O–H groups in total. The molecule has 0 unspecified atom stereocenters. The Bertz CT molecular complexity index is 1180. The molecular weight excluding hydrogens is 435 g/mol. The summed E-state index contributed by atoms with van der Waals surface area (Å²) in [6.45, 7) is 0. The van der Waals surface area contributed by atoms with Gasteiger partial charge in [0.05, 0.1) is 39.4 Å². The van der Waals surface area contributed by atoms with Gasteiger partial charge >= 0.3 is 6.18 Å². The minimum Gasteiger partial charge on any atom is -0.497 e. The van der Waals surface area contributed by atoms with E-state index in [1.165, 1.54) is 31.3 Å². The maximum absolute atomic E-state index is 13.4. The molecule has 1 amide bonds. The fourth-order valence-electron chi connectivity index (χ4n) is 4.12. The van der Waals surface area contributed by atoms with Crippen molar-refractivity contribution in [3.63, 3.8) is 0 Å². The van der Waals surface area contributed by atoms with E-state index in [4.69, 9.17) is 14.2 Å². The van der Waals surface area contributed by atoms with E-state index in [1.54, 1.807) is 43.5 Å². The Morgan fingerprint density at radius 3 is 2.15 bits per heavy atom. The average molecular weight is 457 g/mol. The first-order chi connectivity index (χ1) is 15.8. The molecule has 1 aliphatic heterocycles. The van der Waals surface area contributed by atoms with Gasteiger partial charge in [0.2, 0.25) is 5.91 Å². The highest BCUT2D eigenvalue weighted by atomic mass is 19.4. The van der Waals surface area contributed by atoms with Crippen LogP contribution in [0.15, 0.2) is 60.7 Å². The molecule has 0 bridgehead atoms. The standard InChI is InChI=1S/C25H22F3NO4/c1-31-19-9-7-15(8-10-19)24-20-14-22(33-3)21(32-2)11-16(20)12-23(30)29(24)18-6-4-5-17(13-18)25(26,27)28/h4-11,13-14,24H,12H2,1-3H3/t24-/m0/s1. The number of nitrogens with zero attached hydrogens (tertiary/aromatic N) is 1. The number of amides is 1. The van der Waals surface area contributed by atoms with Crippen LogP contribution in [0.25, 0.3) is 0 Å². The van der Waals surface area contributed by atoms with Crippen LogP contribution in [-0.4, -0.2) is 27.2 Å². The third-order valence-electron chi connectivity index (χ3n) is 5.69. The highest BCUT2D eigenvalue weighted by Crippen LogP contribution is 2.44. The fraction of sp³-hybridized carbons (Fsp3) is 0.240. The Labute approximate surface area is 189 Å². The van der Waals surface area contributed by atoms with Crippen molar-refractivity contribution in [2.24, 2.45) is 0 Å². The van der Waals surface area contributed by atoms with Crippen LogP contribution >= 0.6 is 0 Å². The number of methoxy groups -OCH3 is 3. The first kappa shape index (κ1) is 22.5. The summed E-state index contributed by atoms with van der Waals surface area (Å²) in [5.74, 6) is 1.24. The minimum absolute atomic E-state index is 0.0125. The minimum atomic E-state index is -4.53. The number of benzene rings is 3. The highest BCUT2D eigenvalue weighted by Gasteiger charge is 2.37. The van der Waals surface area contributed by atoms with Crippen molar-refractivity contribution >= 4 is 11.6 Å². The Kier molecular flexibility index (Phi) is 5.93. The molecule has 4 rings (SSSR count). The van der Waals surface area contributed by atoms with Gasteiger partial charge in [-0.1, -0.05) is 18.2 Å². The molecule has 0 fully saturated rings. The van der Waals surface area contributed by atoms with E-state index in [2.05, 4.69) is 0 Å². The molecule has 3 aromatic carbocycles. The SMILES string of the molecule is COc1ccc([C@H]2c3cc(OC)c(OC)cc3CC(=O)N2c2cccc(C(F)(F)F)c2)cc1. The van der Waals surface area contributed by atoms with Gasteiger partial charge in [-0.2, -0.15) is 13.2 Å². The van der Waals surface area contributed by atoms with Gasteiger partial charge in [0, 0.05) is 5.69 Å². The lowest BCUT2D eigenvalue weighted by molar-refractivity contribution is -0.137. The number of hydrogen-bond acceptors (Lipinski definition) is 4. The molecule has 0 spiro atoms. The first-order valence-corrected chi connectivity index (χ1v) is 10.1. The van der Waals surface area contributed by atoms with E-state index < -0.39 is 17.8 Å². The van der Waals surface area contributed by atoms with E-state index in [9.17, 15) is 18.0 Å². The molecule has 33 heavy (non-hydrogen) atoms. The van der Waals surface area contributed by atoms with Crippen LogP contribution in [0.2, 0.25) is 0 Å². The number of carbonyl (C=O) groups excluding carboxylic acids is 1. The summed E-state index contributed by atoms with van der Waals surface area (Å²) in [7, 11) is 4.55. The van der Waals surface area contributed by atoms with Gasteiger partial charge < -0.3 is 19.1 Å². The van der Waals surface area contributed by atoms with Gasteiger partial charge in [0.1, 0.15) is 5.75 Å². The van der Waals surface area contributed by atoms with Crippen LogP contribution in [0.5, 0.6) is 17.2 Å². The number of fused-ring (bicyclic) bond motifs is 1. The third kappa shape index (κ3) is 4.20. The zero-order valence-electron chi connectivity index (χ0n) is 18.3. The number of anilines is 1. The van der Waals surface area contributed by atoms with Gasteiger partial charge in [-0.15, -0.1) is 0 Å². The van der Waals surface area contributed by atoms with Crippen molar-refractivity contribution in [3.05, 3.63) is 82.9 Å². The molecule has 8 heteroatoms. The van der Waals surface area contributed by atoms with Gasteiger partial charge in [-0.25, -0.2) is 0 Å². The Morgan fingerprint density at radius 1 is 0.879 bits per heavy atom. The number of carbonyl (C=O) groups is 1. The second-order valence-corrected chi connectivity index (χ2v) is 7.57. The molecule has 0 aliphatic carbocycles. The second-order valence-electron chi connectivity index (χ2n) is 7.57. The van der Waals surface area contributed by atoms with Crippen molar-refractivity contribution in [2.45, 2.75) is 18.6 Å². The van der Waals surface area contributed by atoms with Crippen LogP contribution in [0.4, 0.5) is 18.9 Å². The second kappa shape index (κ2) is 8.69. The predicted octanol–water partition coefficient (Wildman–Crippen LogP) is 5.41. The quantitative estimate of drug-likeness (QED) is 0.514. The lowest BCUT2D eigenvalue weighted by atomic mass is 9.86. The summed E-state index contributed by atoms with van der Waals surface area (Å²) in [4.78, 5) is 14.7. The summed E-state index contributed by atoms with van der Waals surface area (Å²) in [6, 6.07) is 14.7. The maximum atomic E-state index is 13.4. The average Bonchev–Trinajstić information content (AvgIpc) is 2.82. The molecule has 0 saturated heterocycles. The van der Waals surface area contributed by atoms with E-state index in [0.29, 0.717) is 17.2 Å². The summed E-state index contributed by atoms with van der Waals surface area (Å²) >= 11 is 0. The molecular formula is C25H22F3NO4. The molecule has 172 valence electrons. The van der Waals surface area contributed by atoms with E-state index in [1.807, 2.05) is 0 Å². The van der Waals surface area contributed by atoms with Gasteiger partial charge in [0.25, 0.3) is 0 Å². The van der Waals surface area contributed by atoms with Crippen molar-refractivity contribution in [1.29, 1.82) is 0 Å².